The minimum atomic E-state index is -0.00111. The van der Waals surface area contributed by atoms with Gasteiger partial charge in [0.2, 0.25) is 0 Å². The minimum absolute atomic E-state index is 0.00111. The van der Waals surface area contributed by atoms with Crippen LogP contribution in [0.5, 0.6) is 11.5 Å². The van der Waals surface area contributed by atoms with Crippen molar-refractivity contribution in [3.63, 3.8) is 0 Å². The number of phenolic OH excluding ortho intramolecular Hbond substituents is 2. The van der Waals surface area contributed by atoms with Gasteiger partial charge in [-0.15, -0.1) is 0 Å². The number of hydrogen-bond acceptors (Lipinski definition) is 2. The second-order valence-corrected chi connectivity index (χ2v) is 6.91. The first-order valence-electron chi connectivity index (χ1n) is 5.67. The highest BCUT2D eigenvalue weighted by atomic mass is 79.9. The Kier molecular flexibility index (Phi) is 4.90. The average molecular weight is 441 g/mol. The van der Waals surface area contributed by atoms with Crippen molar-refractivity contribution in [2.45, 2.75) is 12.8 Å². The Balaban J connectivity index is 2.49. The molecule has 0 saturated carbocycles. The van der Waals surface area contributed by atoms with Gasteiger partial charge in [0.05, 0.1) is 19.0 Å². The van der Waals surface area contributed by atoms with E-state index in [0.29, 0.717) is 8.95 Å². The van der Waals surface area contributed by atoms with Crippen LogP contribution in [0.3, 0.4) is 0 Å². The summed E-state index contributed by atoms with van der Waals surface area (Å²) in [7, 11) is 0. The molecule has 0 bridgehead atoms. The van der Waals surface area contributed by atoms with Gasteiger partial charge in [0.1, 0.15) is 11.5 Å². The molecule has 0 aliphatic heterocycles. The summed E-state index contributed by atoms with van der Waals surface area (Å²) >= 11 is 18.5. The summed E-state index contributed by atoms with van der Waals surface area (Å²) in [5, 5.41) is 19.9. The Morgan fingerprint density at radius 2 is 1.20 bits per heavy atom. The molecule has 0 radical (unpaired) electrons. The van der Waals surface area contributed by atoms with E-state index in [1.165, 1.54) is 0 Å². The third kappa shape index (κ3) is 3.08. The van der Waals surface area contributed by atoms with E-state index in [-0.39, 0.29) is 27.5 Å². The van der Waals surface area contributed by atoms with Crippen molar-refractivity contribution >= 4 is 55.1 Å². The second-order valence-electron chi connectivity index (χ2n) is 4.39. The molecule has 0 spiro atoms. The SMILES string of the molecule is CC(c1cc(Cl)c(O)c(Br)c1)c1cc(Cl)c(O)c(Br)c1. The first kappa shape index (κ1) is 16.0. The van der Waals surface area contributed by atoms with Crippen LogP contribution < -0.4 is 0 Å². The maximum Gasteiger partial charge on any atom is 0.148 e. The summed E-state index contributed by atoms with van der Waals surface area (Å²) in [5.74, 6) is 0.0406. The summed E-state index contributed by atoms with van der Waals surface area (Å²) < 4.78 is 1.08. The first-order chi connectivity index (χ1) is 9.31. The Labute approximate surface area is 143 Å². The molecule has 20 heavy (non-hydrogen) atoms. The predicted molar refractivity (Wildman–Crippen MR) is 89.2 cm³/mol. The molecule has 2 nitrogen and oxygen atoms in total. The van der Waals surface area contributed by atoms with Gasteiger partial charge in [0.25, 0.3) is 0 Å². The second kappa shape index (κ2) is 6.14. The van der Waals surface area contributed by atoms with Gasteiger partial charge in [-0.2, -0.15) is 0 Å². The fraction of sp³-hybridized carbons (Fsp3) is 0.143. The summed E-state index contributed by atoms with van der Waals surface area (Å²) in [6.45, 7) is 1.99. The van der Waals surface area contributed by atoms with E-state index < -0.39 is 0 Å². The van der Waals surface area contributed by atoms with Gasteiger partial charge in [-0.1, -0.05) is 30.1 Å². The average Bonchev–Trinajstić information content (AvgIpc) is 2.40. The lowest BCUT2D eigenvalue weighted by Gasteiger charge is -2.16. The highest BCUT2D eigenvalue weighted by Gasteiger charge is 2.16. The molecule has 106 valence electrons. The molecule has 2 aromatic carbocycles. The monoisotopic (exact) mass is 438 g/mol. The first-order valence-corrected chi connectivity index (χ1v) is 8.01. The van der Waals surface area contributed by atoms with Crippen molar-refractivity contribution < 1.29 is 10.2 Å². The molecular formula is C14H10Br2Cl2O2. The number of rotatable bonds is 2. The van der Waals surface area contributed by atoms with Gasteiger partial charge in [-0.05, 0) is 67.3 Å². The van der Waals surface area contributed by atoms with Crippen molar-refractivity contribution in [1.29, 1.82) is 0 Å². The smallest absolute Gasteiger partial charge is 0.148 e. The van der Waals surface area contributed by atoms with E-state index in [1.807, 2.05) is 6.92 Å². The van der Waals surface area contributed by atoms with E-state index in [9.17, 15) is 10.2 Å². The molecule has 0 unspecified atom stereocenters. The van der Waals surface area contributed by atoms with E-state index in [0.717, 1.165) is 11.1 Å². The zero-order chi connectivity index (χ0) is 15.0. The van der Waals surface area contributed by atoms with E-state index in [2.05, 4.69) is 31.9 Å². The highest BCUT2D eigenvalue weighted by molar-refractivity contribution is 9.10. The molecule has 0 heterocycles. The number of benzene rings is 2. The Morgan fingerprint density at radius 3 is 1.50 bits per heavy atom. The molecule has 0 amide bonds. The molecule has 0 fully saturated rings. The van der Waals surface area contributed by atoms with Crippen molar-refractivity contribution in [3.8, 4) is 11.5 Å². The van der Waals surface area contributed by atoms with Crippen LogP contribution >= 0.6 is 55.1 Å². The maximum atomic E-state index is 9.67. The molecule has 2 N–H and O–H groups in total. The van der Waals surface area contributed by atoms with Crippen LogP contribution in [0.15, 0.2) is 33.2 Å². The van der Waals surface area contributed by atoms with Crippen molar-refractivity contribution in [2.75, 3.05) is 0 Å². The molecular weight excluding hydrogens is 431 g/mol. The molecule has 0 atom stereocenters. The van der Waals surface area contributed by atoms with Crippen LogP contribution in [0, 0.1) is 0 Å². The summed E-state index contributed by atoms with van der Waals surface area (Å²) in [4.78, 5) is 0. The highest BCUT2D eigenvalue weighted by Crippen LogP contribution is 2.40. The number of halogens is 4. The molecule has 0 saturated heterocycles. The third-order valence-corrected chi connectivity index (χ3v) is 4.86. The van der Waals surface area contributed by atoms with Crippen LogP contribution in [-0.2, 0) is 0 Å². The zero-order valence-corrected chi connectivity index (χ0v) is 15.0. The van der Waals surface area contributed by atoms with Crippen LogP contribution in [0.1, 0.15) is 24.0 Å². The third-order valence-electron chi connectivity index (χ3n) is 3.08. The largest absolute Gasteiger partial charge is 0.505 e. The van der Waals surface area contributed by atoms with Crippen LogP contribution in [0.4, 0.5) is 0 Å². The van der Waals surface area contributed by atoms with Crippen LogP contribution in [0.2, 0.25) is 10.0 Å². The predicted octanol–water partition coefficient (Wildman–Crippen LogP) is 6.08. The fourth-order valence-electron chi connectivity index (χ4n) is 1.86. The Hall–Kier alpha value is -0.420. The van der Waals surface area contributed by atoms with Gasteiger partial charge in [0.15, 0.2) is 0 Å². The summed E-state index contributed by atoms with van der Waals surface area (Å²) in [5.41, 5.74) is 1.85. The van der Waals surface area contributed by atoms with E-state index in [4.69, 9.17) is 23.2 Å². The topological polar surface area (TPSA) is 40.5 Å². The van der Waals surface area contributed by atoms with Crippen molar-refractivity contribution in [3.05, 3.63) is 54.4 Å². The van der Waals surface area contributed by atoms with Crippen molar-refractivity contribution in [2.24, 2.45) is 0 Å². The van der Waals surface area contributed by atoms with Gasteiger partial charge in [0, 0.05) is 5.92 Å². The number of aromatic hydroxyl groups is 2. The van der Waals surface area contributed by atoms with E-state index >= 15 is 0 Å². The fourth-order valence-corrected chi connectivity index (χ4v) is 3.50. The molecule has 6 heteroatoms. The number of hydrogen-bond donors (Lipinski definition) is 2. The maximum absolute atomic E-state index is 9.67. The molecule has 0 aliphatic rings. The number of phenols is 2. The quantitative estimate of drug-likeness (QED) is 0.594. The zero-order valence-electron chi connectivity index (χ0n) is 10.3. The standard InChI is InChI=1S/C14H10Br2Cl2O2/c1-6(7-2-9(15)13(19)11(17)4-7)8-3-10(16)14(20)12(18)5-8/h2-6,19-20H,1H3. The van der Waals surface area contributed by atoms with Crippen LogP contribution in [0.25, 0.3) is 0 Å². The Morgan fingerprint density at radius 1 is 0.850 bits per heavy atom. The lowest BCUT2D eigenvalue weighted by Crippen LogP contribution is -1.97. The molecule has 0 aliphatic carbocycles. The summed E-state index contributed by atoms with van der Waals surface area (Å²) in [6.07, 6.45) is 0. The van der Waals surface area contributed by atoms with Gasteiger partial charge < -0.3 is 10.2 Å². The molecule has 0 aromatic heterocycles. The van der Waals surface area contributed by atoms with Gasteiger partial charge in [-0.25, -0.2) is 0 Å². The van der Waals surface area contributed by atoms with Gasteiger partial charge >= 0.3 is 0 Å². The minimum Gasteiger partial charge on any atom is -0.505 e. The molecule has 2 rings (SSSR count). The molecule has 2 aromatic rings. The van der Waals surface area contributed by atoms with Crippen molar-refractivity contribution in [1.82, 2.24) is 0 Å². The van der Waals surface area contributed by atoms with Crippen LogP contribution in [-0.4, -0.2) is 10.2 Å². The van der Waals surface area contributed by atoms with Gasteiger partial charge in [-0.3, -0.25) is 0 Å². The Bertz CT molecular complexity index is 571. The lowest BCUT2D eigenvalue weighted by atomic mass is 9.93. The normalized spacial score (nSPS) is 11.1. The van der Waals surface area contributed by atoms with E-state index in [1.54, 1.807) is 24.3 Å². The lowest BCUT2D eigenvalue weighted by molar-refractivity contribution is 0.472. The summed E-state index contributed by atoms with van der Waals surface area (Å²) in [6, 6.07) is 7.03.